The van der Waals surface area contributed by atoms with E-state index < -0.39 is 10.0 Å². The maximum Gasteiger partial charge on any atom is 0.244 e. The van der Waals surface area contributed by atoms with Gasteiger partial charge in [-0.2, -0.15) is 11.8 Å². The van der Waals surface area contributed by atoms with Gasteiger partial charge in [0.05, 0.1) is 0 Å². The molecule has 0 bridgehead atoms. The molecule has 1 aromatic rings. The third-order valence-electron chi connectivity index (χ3n) is 2.33. The van der Waals surface area contributed by atoms with Crippen molar-refractivity contribution in [2.45, 2.75) is 17.9 Å². The van der Waals surface area contributed by atoms with E-state index in [-0.39, 0.29) is 4.90 Å². The third-order valence-corrected chi connectivity index (χ3v) is 4.96. The molecule has 1 aromatic heterocycles. The van der Waals surface area contributed by atoms with Crippen LogP contribution in [0, 0.1) is 0 Å². The lowest BCUT2D eigenvalue weighted by atomic mass is 10.4. The SMILES string of the molecule is CSCC(C)Nc1ccc(S(=O)(=O)N(C)C)cn1. The molecule has 0 saturated carbocycles. The van der Waals surface area contributed by atoms with Gasteiger partial charge in [0, 0.05) is 32.1 Å². The number of hydrogen-bond donors (Lipinski definition) is 1. The zero-order chi connectivity index (χ0) is 13.8. The van der Waals surface area contributed by atoms with Crippen LogP contribution >= 0.6 is 11.8 Å². The van der Waals surface area contributed by atoms with Gasteiger partial charge in [0.15, 0.2) is 0 Å². The monoisotopic (exact) mass is 289 g/mol. The zero-order valence-corrected chi connectivity index (χ0v) is 12.7. The molecule has 0 amide bonds. The highest BCUT2D eigenvalue weighted by atomic mass is 32.2. The first kappa shape index (κ1) is 15.3. The van der Waals surface area contributed by atoms with E-state index in [4.69, 9.17) is 0 Å². The van der Waals surface area contributed by atoms with E-state index in [1.807, 2.05) is 6.26 Å². The first-order valence-corrected chi connectivity index (χ1v) is 8.35. The highest BCUT2D eigenvalue weighted by Gasteiger charge is 2.17. The van der Waals surface area contributed by atoms with Gasteiger partial charge in [0.1, 0.15) is 10.7 Å². The van der Waals surface area contributed by atoms with Crippen molar-refractivity contribution in [2.75, 3.05) is 31.4 Å². The highest BCUT2D eigenvalue weighted by Crippen LogP contribution is 2.14. The average molecular weight is 289 g/mol. The molecule has 7 heteroatoms. The van der Waals surface area contributed by atoms with Crippen LogP contribution in [0.15, 0.2) is 23.2 Å². The summed E-state index contributed by atoms with van der Waals surface area (Å²) in [6, 6.07) is 3.55. The van der Waals surface area contributed by atoms with E-state index in [0.29, 0.717) is 11.9 Å². The Morgan fingerprint density at radius 3 is 2.56 bits per heavy atom. The number of nitrogens with zero attached hydrogens (tertiary/aromatic N) is 2. The summed E-state index contributed by atoms with van der Waals surface area (Å²) in [5.74, 6) is 1.66. The lowest BCUT2D eigenvalue weighted by Crippen LogP contribution is -2.23. The van der Waals surface area contributed by atoms with Crippen LogP contribution in [0.25, 0.3) is 0 Å². The maximum absolute atomic E-state index is 11.8. The number of hydrogen-bond acceptors (Lipinski definition) is 5. The number of aromatic nitrogens is 1. The summed E-state index contributed by atoms with van der Waals surface area (Å²) in [5.41, 5.74) is 0. The number of nitrogens with one attached hydrogen (secondary N) is 1. The van der Waals surface area contributed by atoms with E-state index in [1.54, 1.807) is 23.9 Å². The third kappa shape index (κ3) is 3.86. The van der Waals surface area contributed by atoms with Gasteiger partial charge in [0.25, 0.3) is 0 Å². The fourth-order valence-corrected chi connectivity index (χ4v) is 2.80. The molecule has 0 radical (unpaired) electrons. The molecule has 1 heterocycles. The van der Waals surface area contributed by atoms with Gasteiger partial charge < -0.3 is 5.32 Å². The lowest BCUT2D eigenvalue weighted by molar-refractivity contribution is 0.520. The summed E-state index contributed by atoms with van der Waals surface area (Å²) in [6.45, 7) is 2.06. The number of anilines is 1. The van der Waals surface area contributed by atoms with Gasteiger partial charge in [-0.1, -0.05) is 0 Å². The molecule has 0 aromatic carbocycles. The Bertz CT molecular complexity index is 472. The molecule has 1 atom stereocenters. The van der Waals surface area contributed by atoms with E-state index in [1.165, 1.54) is 24.6 Å². The van der Waals surface area contributed by atoms with Crippen molar-refractivity contribution in [3.8, 4) is 0 Å². The molecule has 0 aliphatic heterocycles. The van der Waals surface area contributed by atoms with Gasteiger partial charge in [-0.05, 0) is 25.3 Å². The van der Waals surface area contributed by atoms with E-state index in [9.17, 15) is 8.42 Å². The maximum atomic E-state index is 11.8. The highest BCUT2D eigenvalue weighted by molar-refractivity contribution is 7.98. The number of rotatable bonds is 6. The Morgan fingerprint density at radius 2 is 2.11 bits per heavy atom. The number of thioether (sulfide) groups is 1. The first-order chi connectivity index (χ1) is 8.37. The molecule has 5 nitrogen and oxygen atoms in total. The lowest BCUT2D eigenvalue weighted by Gasteiger charge is -2.14. The van der Waals surface area contributed by atoms with Gasteiger partial charge in [-0.3, -0.25) is 0 Å². The first-order valence-electron chi connectivity index (χ1n) is 5.52. The van der Waals surface area contributed by atoms with Gasteiger partial charge in [0.2, 0.25) is 10.0 Å². The number of pyridine rings is 1. The Morgan fingerprint density at radius 1 is 1.44 bits per heavy atom. The molecule has 0 aliphatic carbocycles. The van der Waals surface area contributed by atoms with Crippen LogP contribution in [0.4, 0.5) is 5.82 Å². The molecule has 0 saturated heterocycles. The standard InChI is InChI=1S/C11H19N3O2S2/c1-9(8-17-4)13-11-6-5-10(7-12-11)18(15,16)14(2)3/h5-7,9H,8H2,1-4H3,(H,12,13). The molecule has 1 rings (SSSR count). The van der Waals surface area contributed by atoms with Crippen LogP contribution in [-0.2, 0) is 10.0 Å². The molecule has 0 fully saturated rings. The second-order valence-corrected chi connectivity index (χ2v) is 7.23. The van der Waals surface area contributed by atoms with Crippen molar-refractivity contribution >= 4 is 27.6 Å². The van der Waals surface area contributed by atoms with Crippen molar-refractivity contribution in [2.24, 2.45) is 0 Å². The second kappa shape index (κ2) is 6.40. The van der Waals surface area contributed by atoms with Gasteiger partial charge in [-0.15, -0.1) is 0 Å². The minimum atomic E-state index is -3.39. The average Bonchev–Trinajstić information content (AvgIpc) is 2.29. The predicted octanol–water partition coefficient (Wildman–Crippen LogP) is 1.50. The van der Waals surface area contributed by atoms with Crippen molar-refractivity contribution in [3.63, 3.8) is 0 Å². The summed E-state index contributed by atoms with van der Waals surface area (Å²) in [6.07, 6.45) is 3.42. The molecule has 1 unspecified atom stereocenters. The minimum Gasteiger partial charge on any atom is -0.367 e. The van der Waals surface area contributed by atoms with E-state index in [2.05, 4.69) is 17.2 Å². The molecular weight excluding hydrogens is 270 g/mol. The fourth-order valence-electron chi connectivity index (χ4n) is 1.37. The van der Waals surface area contributed by atoms with Crippen LogP contribution in [0.1, 0.15) is 6.92 Å². The van der Waals surface area contributed by atoms with Gasteiger partial charge >= 0.3 is 0 Å². The normalized spacial score (nSPS) is 13.6. The topological polar surface area (TPSA) is 62.3 Å². The Labute approximate surface area is 113 Å². The zero-order valence-electron chi connectivity index (χ0n) is 11.0. The summed E-state index contributed by atoms with van der Waals surface area (Å²) >= 11 is 1.75. The van der Waals surface area contributed by atoms with Crippen LogP contribution in [0.2, 0.25) is 0 Å². The number of sulfonamides is 1. The predicted molar refractivity (Wildman–Crippen MR) is 76.6 cm³/mol. The van der Waals surface area contributed by atoms with E-state index in [0.717, 1.165) is 5.75 Å². The van der Waals surface area contributed by atoms with E-state index >= 15 is 0 Å². The van der Waals surface area contributed by atoms with Crippen LogP contribution in [-0.4, -0.2) is 49.9 Å². The van der Waals surface area contributed by atoms with Crippen molar-refractivity contribution in [1.29, 1.82) is 0 Å². The van der Waals surface area contributed by atoms with Crippen LogP contribution < -0.4 is 5.32 Å². The van der Waals surface area contributed by atoms with Crippen LogP contribution in [0.3, 0.4) is 0 Å². The Kier molecular flexibility index (Phi) is 5.43. The summed E-state index contributed by atoms with van der Waals surface area (Å²) in [5, 5.41) is 3.21. The van der Waals surface area contributed by atoms with Crippen LogP contribution in [0.5, 0.6) is 0 Å². The largest absolute Gasteiger partial charge is 0.367 e. The fraction of sp³-hybridized carbons (Fsp3) is 0.545. The summed E-state index contributed by atoms with van der Waals surface area (Å²) < 4.78 is 24.8. The second-order valence-electron chi connectivity index (χ2n) is 4.17. The van der Waals surface area contributed by atoms with Crippen molar-refractivity contribution < 1.29 is 8.42 Å². The molecule has 0 aliphatic rings. The van der Waals surface area contributed by atoms with Crippen molar-refractivity contribution in [1.82, 2.24) is 9.29 Å². The Hall–Kier alpha value is -0.790. The molecule has 1 N–H and O–H groups in total. The van der Waals surface area contributed by atoms with Gasteiger partial charge in [-0.25, -0.2) is 17.7 Å². The smallest absolute Gasteiger partial charge is 0.244 e. The molecule has 102 valence electrons. The molecular formula is C11H19N3O2S2. The molecule has 0 spiro atoms. The summed E-state index contributed by atoms with van der Waals surface area (Å²) in [7, 11) is -0.389. The quantitative estimate of drug-likeness (QED) is 0.860. The minimum absolute atomic E-state index is 0.204. The van der Waals surface area contributed by atoms with Crippen molar-refractivity contribution in [3.05, 3.63) is 18.3 Å². The molecule has 18 heavy (non-hydrogen) atoms. The Balaban J connectivity index is 2.81. The summed E-state index contributed by atoms with van der Waals surface area (Å²) in [4.78, 5) is 4.33.